The molecular formula is C24H30N6O. The summed E-state index contributed by atoms with van der Waals surface area (Å²) in [6.07, 6.45) is 7.45. The number of hydrogen-bond acceptors (Lipinski definition) is 5. The minimum absolute atomic E-state index is 0.0895. The van der Waals surface area contributed by atoms with Crippen molar-refractivity contribution >= 4 is 5.91 Å². The molecule has 31 heavy (non-hydrogen) atoms. The fourth-order valence-electron chi connectivity index (χ4n) is 4.22. The van der Waals surface area contributed by atoms with Crippen LogP contribution in [0.4, 0.5) is 0 Å². The van der Waals surface area contributed by atoms with Gasteiger partial charge in [-0.1, -0.05) is 36.4 Å². The van der Waals surface area contributed by atoms with Gasteiger partial charge in [0.25, 0.3) is 0 Å². The molecule has 4 rings (SSSR count). The Labute approximate surface area is 183 Å². The second-order valence-electron chi connectivity index (χ2n) is 8.16. The quantitative estimate of drug-likeness (QED) is 0.589. The van der Waals surface area contributed by atoms with E-state index in [1.54, 1.807) is 6.20 Å². The lowest BCUT2D eigenvalue weighted by Gasteiger charge is -2.39. The molecule has 1 aliphatic rings. The number of aromatic nitrogens is 3. The molecule has 1 atom stereocenters. The number of imidazole rings is 1. The smallest absolute Gasteiger partial charge is 0.236 e. The van der Waals surface area contributed by atoms with Gasteiger partial charge in [0.2, 0.25) is 5.91 Å². The van der Waals surface area contributed by atoms with Crippen LogP contribution in [0.3, 0.4) is 0 Å². The van der Waals surface area contributed by atoms with E-state index < -0.39 is 0 Å². The Morgan fingerprint density at radius 2 is 1.84 bits per heavy atom. The molecule has 1 amide bonds. The molecule has 0 unspecified atom stereocenters. The highest BCUT2D eigenvalue weighted by Gasteiger charge is 2.30. The zero-order valence-electron chi connectivity index (χ0n) is 18.3. The zero-order chi connectivity index (χ0) is 21.6. The van der Waals surface area contributed by atoms with E-state index >= 15 is 0 Å². The Balaban J connectivity index is 1.37. The van der Waals surface area contributed by atoms with Gasteiger partial charge in [0.05, 0.1) is 12.6 Å². The summed E-state index contributed by atoms with van der Waals surface area (Å²) in [7, 11) is 4.02. The van der Waals surface area contributed by atoms with E-state index in [-0.39, 0.29) is 11.9 Å². The topological polar surface area (TPSA) is 57.5 Å². The lowest BCUT2D eigenvalue weighted by Crippen LogP contribution is -2.52. The van der Waals surface area contributed by atoms with Gasteiger partial charge in [-0.15, -0.1) is 0 Å². The lowest BCUT2D eigenvalue weighted by molar-refractivity contribution is -0.134. The fourth-order valence-corrected chi connectivity index (χ4v) is 4.22. The summed E-state index contributed by atoms with van der Waals surface area (Å²) in [6, 6.07) is 14.5. The van der Waals surface area contributed by atoms with E-state index in [1.807, 2.05) is 60.7 Å². The highest BCUT2D eigenvalue weighted by atomic mass is 16.2. The summed E-state index contributed by atoms with van der Waals surface area (Å²) in [5, 5.41) is 0. The van der Waals surface area contributed by atoms with Crippen LogP contribution in [-0.4, -0.2) is 74.9 Å². The lowest BCUT2D eigenvalue weighted by atomic mass is 10.0. The van der Waals surface area contributed by atoms with Gasteiger partial charge in [-0.25, -0.2) is 4.98 Å². The van der Waals surface area contributed by atoms with Gasteiger partial charge in [-0.05, 0) is 24.2 Å². The van der Waals surface area contributed by atoms with Crippen molar-refractivity contribution in [2.75, 3.05) is 39.8 Å². The zero-order valence-corrected chi connectivity index (χ0v) is 18.3. The second kappa shape index (κ2) is 9.85. The van der Waals surface area contributed by atoms with Gasteiger partial charge in [0.15, 0.2) is 0 Å². The third kappa shape index (κ3) is 5.18. The van der Waals surface area contributed by atoms with Gasteiger partial charge < -0.3 is 9.47 Å². The van der Waals surface area contributed by atoms with Crippen LogP contribution in [0.5, 0.6) is 0 Å². The highest BCUT2D eigenvalue weighted by molar-refractivity contribution is 5.78. The van der Waals surface area contributed by atoms with Crippen molar-refractivity contribution in [3.8, 4) is 0 Å². The van der Waals surface area contributed by atoms with Crippen LogP contribution in [0.1, 0.15) is 23.0 Å². The average molecular weight is 419 g/mol. The maximum Gasteiger partial charge on any atom is 0.236 e. The number of likely N-dealkylation sites (N-methyl/N-ethyl adjacent to an activating group) is 1. The predicted molar refractivity (Wildman–Crippen MR) is 120 cm³/mol. The monoisotopic (exact) mass is 418 g/mol. The van der Waals surface area contributed by atoms with E-state index in [2.05, 4.69) is 43.7 Å². The molecule has 0 aliphatic carbocycles. The third-order valence-corrected chi connectivity index (χ3v) is 5.83. The highest BCUT2D eigenvalue weighted by Crippen LogP contribution is 2.28. The maximum absolute atomic E-state index is 12.9. The molecule has 1 aromatic carbocycles. The first-order valence-corrected chi connectivity index (χ1v) is 10.7. The molecular weight excluding hydrogens is 388 g/mol. The van der Waals surface area contributed by atoms with Crippen LogP contribution >= 0.6 is 0 Å². The first kappa shape index (κ1) is 21.2. The summed E-state index contributed by atoms with van der Waals surface area (Å²) in [5.74, 6) is 1.21. The van der Waals surface area contributed by atoms with Crippen molar-refractivity contribution in [3.05, 3.63) is 84.2 Å². The first-order chi connectivity index (χ1) is 15.1. The number of benzene rings is 1. The van der Waals surface area contributed by atoms with Crippen molar-refractivity contribution in [2.24, 2.45) is 7.05 Å². The number of piperazine rings is 1. The van der Waals surface area contributed by atoms with Crippen molar-refractivity contribution < 1.29 is 4.79 Å². The van der Waals surface area contributed by atoms with Gasteiger partial charge in [-0.2, -0.15) is 0 Å². The molecule has 7 heteroatoms. The molecule has 0 bridgehead atoms. The third-order valence-electron chi connectivity index (χ3n) is 5.83. The minimum Gasteiger partial charge on any atom is -0.339 e. The molecule has 162 valence electrons. The Morgan fingerprint density at radius 1 is 1.06 bits per heavy atom. The average Bonchev–Trinajstić information content (AvgIpc) is 3.21. The molecule has 7 nitrogen and oxygen atoms in total. The Morgan fingerprint density at radius 3 is 2.48 bits per heavy atom. The molecule has 3 aromatic rings. The summed E-state index contributed by atoms with van der Waals surface area (Å²) in [4.78, 5) is 28.1. The number of carbonyl (C=O) groups is 1. The van der Waals surface area contributed by atoms with Gasteiger partial charge in [0, 0.05) is 64.6 Å². The second-order valence-corrected chi connectivity index (χ2v) is 8.16. The Hall–Kier alpha value is -3.03. The molecule has 3 heterocycles. The summed E-state index contributed by atoms with van der Waals surface area (Å²) >= 11 is 0. The van der Waals surface area contributed by atoms with Crippen molar-refractivity contribution in [1.29, 1.82) is 0 Å². The molecule has 0 saturated carbocycles. The maximum atomic E-state index is 12.9. The fraction of sp³-hybridized carbons (Fsp3) is 0.375. The molecule has 1 fully saturated rings. The van der Waals surface area contributed by atoms with Crippen LogP contribution in [0, 0.1) is 0 Å². The molecule has 1 aliphatic heterocycles. The molecule has 0 N–H and O–H groups in total. The van der Waals surface area contributed by atoms with E-state index in [9.17, 15) is 4.79 Å². The standard InChI is InChI=1S/C24H30N6O/c1-27(18-20-7-6-10-25-17-20)19-22(31)29-13-15-30(16-14-29)23(21-8-4-3-5-9-21)24-26-11-12-28(24)2/h3-12,17,23H,13-16,18-19H2,1-2H3/t23-/m1/s1. The van der Waals surface area contributed by atoms with Crippen LogP contribution < -0.4 is 0 Å². The summed E-state index contributed by atoms with van der Waals surface area (Å²) < 4.78 is 2.09. The number of amides is 1. The van der Waals surface area contributed by atoms with E-state index in [0.29, 0.717) is 6.54 Å². The number of aryl methyl sites for hydroxylation is 1. The van der Waals surface area contributed by atoms with E-state index in [4.69, 9.17) is 0 Å². The van der Waals surface area contributed by atoms with Gasteiger partial charge in [0.1, 0.15) is 5.82 Å². The largest absolute Gasteiger partial charge is 0.339 e. The van der Waals surface area contributed by atoms with Gasteiger partial charge in [-0.3, -0.25) is 19.6 Å². The van der Waals surface area contributed by atoms with Crippen LogP contribution in [0.25, 0.3) is 0 Å². The van der Waals surface area contributed by atoms with Crippen LogP contribution in [-0.2, 0) is 18.4 Å². The van der Waals surface area contributed by atoms with Crippen molar-refractivity contribution in [3.63, 3.8) is 0 Å². The predicted octanol–water partition coefficient (Wildman–Crippen LogP) is 2.18. The normalized spacial score (nSPS) is 15.9. The summed E-state index contributed by atoms with van der Waals surface area (Å²) in [6.45, 7) is 4.24. The molecule has 2 aromatic heterocycles. The minimum atomic E-state index is 0.0895. The molecule has 0 radical (unpaired) electrons. The van der Waals surface area contributed by atoms with Crippen molar-refractivity contribution in [2.45, 2.75) is 12.6 Å². The number of pyridine rings is 1. The Kier molecular flexibility index (Phi) is 6.74. The number of carbonyl (C=O) groups excluding carboxylic acids is 1. The van der Waals surface area contributed by atoms with Crippen LogP contribution in [0.2, 0.25) is 0 Å². The summed E-state index contributed by atoms with van der Waals surface area (Å²) in [5.41, 5.74) is 2.34. The molecule has 1 saturated heterocycles. The number of rotatable bonds is 7. The first-order valence-electron chi connectivity index (χ1n) is 10.7. The SMILES string of the molecule is CN(CC(=O)N1CCN([C@H](c2ccccc2)c2nccn2C)CC1)Cc1cccnc1. The van der Waals surface area contributed by atoms with E-state index in [1.165, 1.54) is 5.56 Å². The molecule has 0 spiro atoms. The number of hydrogen-bond donors (Lipinski definition) is 0. The van der Waals surface area contributed by atoms with E-state index in [0.717, 1.165) is 44.1 Å². The Bertz CT molecular complexity index is 966. The number of nitrogens with zero attached hydrogens (tertiary/aromatic N) is 6. The van der Waals surface area contributed by atoms with Gasteiger partial charge >= 0.3 is 0 Å². The van der Waals surface area contributed by atoms with Crippen LogP contribution in [0.15, 0.2) is 67.3 Å². The van der Waals surface area contributed by atoms with Crippen molar-refractivity contribution in [1.82, 2.24) is 29.2 Å².